The largest absolute Gasteiger partial charge is 0.480 e. The molecular formula is C12H20N4O3. The van der Waals surface area contributed by atoms with Crippen LogP contribution in [0.4, 0.5) is 0 Å². The monoisotopic (exact) mass is 268 g/mol. The minimum absolute atomic E-state index is 0.00148. The fourth-order valence-corrected chi connectivity index (χ4v) is 1.60. The molecule has 19 heavy (non-hydrogen) atoms. The molecule has 5 N–H and O–H groups in total. The van der Waals surface area contributed by atoms with Crippen LogP contribution in [0.2, 0.25) is 0 Å². The zero-order chi connectivity index (χ0) is 14.4. The number of aliphatic carboxylic acids is 1. The molecule has 0 aliphatic carbocycles. The molecule has 0 radical (unpaired) electrons. The number of hydrogen-bond acceptors (Lipinski definition) is 4. The van der Waals surface area contributed by atoms with Crippen molar-refractivity contribution in [2.24, 2.45) is 11.7 Å². The first-order valence-corrected chi connectivity index (χ1v) is 6.21. The van der Waals surface area contributed by atoms with Crippen molar-refractivity contribution in [1.29, 1.82) is 0 Å². The van der Waals surface area contributed by atoms with Crippen molar-refractivity contribution in [2.75, 3.05) is 0 Å². The van der Waals surface area contributed by atoms with Gasteiger partial charge in [0.2, 0.25) is 5.91 Å². The third-order valence-corrected chi connectivity index (χ3v) is 3.15. The Bertz CT molecular complexity index is 419. The SMILES string of the molecule is CC[C@H](C)[C@H](N)C(=O)NC(Cc1cnc[nH]1)C(=O)O. The number of nitrogens with one attached hydrogen (secondary N) is 2. The Morgan fingerprint density at radius 1 is 1.58 bits per heavy atom. The number of aromatic amines is 1. The van der Waals surface area contributed by atoms with Crippen molar-refractivity contribution < 1.29 is 14.7 Å². The number of carboxylic acid groups (broad SMARTS) is 1. The second-order valence-corrected chi connectivity index (χ2v) is 4.59. The van der Waals surface area contributed by atoms with E-state index < -0.39 is 24.0 Å². The zero-order valence-corrected chi connectivity index (χ0v) is 11.1. The summed E-state index contributed by atoms with van der Waals surface area (Å²) in [4.78, 5) is 29.6. The minimum atomic E-state index is -1.10. The molecule has 7 nitrogen and oxygen atoms in total. The van der Waals surface area contributed by atoms with Gasteiger partial charge in [0.05, 0.1) is 12.4 Å². The standard InChI is InChI=1S/C12H20N4O3/c1-3-7(2)10(13)11(17)16-9(12(18)19)4-8-5-14-6-15-8/h5-7,9-10H,3-4,13H2,1-2H3,(H,14,15)(H,16,17)(H,18,19)/t7-,9?,10-/m0/s1. The summed E-state index contributed by atoms with van der Waals surface area (Å²) < 4.78 is 0. The van der Waals surface area contributed by atoms with E-state index in [0.29, 0.717) is 5.69 Å². The van der Waals surface area contributed by atoms with Gasteiger partial charge in [0.25, 0.3) is 0 Å². The lowest BCUT2D eigenvalue weighted by molar-refractivity contribution is -0.142. The second kappa shape index (κ2) is 6.89. The van der Waals surface area contributed by atoms with Crippen LogP contribution in [-0.2, 0) is 16.0 Å². The van der Waals surface area contributed by atoms with Crippen LogP contribution >= 0.6 is 0 Å². The number of hydrogen-bond donors (Lipinski definition) is 4. The van der Waals surface area contributed by atoms with E-state index >= 15 is 0 Å². The predicted octanol–water partition coefficient (Wildman–Crippen LogP) is -0.105. The van der Waals surface area contributed by atoms with Crippen molar-refractivity contribution in [3.8, 4) is 0 Å². The van der Waals surface area contributed by atoms with Gasteiger partial charge in [-0.25, -0.2) is 9.78 Å². The highest BCUT2D eigenvalue weighted by Gasteiger charge is 2.26. The van der Waals surface area contributed by atoms with Crippen LogP contribution in [-0.4, -0.2) is 39.0 Å². The number of imidazole rings is 1. The summed E-state index contributed by atoms with van der Waals surface area (Å²) in [7, 11) is 0. The number of aromatic nitrogens is 2. The number of rotatable bonds is 7. The molecule has 3 atom stereocenters. The number of H-pyrrole nitrogens is 1. The first kappa shape index (κ1) is 15.2. The summed E-state index contributed by atoms with van der Waals surface area (Å²) in [6.45, 7) is 3.78. The molecule has 106 valence electrons. The van der Waals surface area contributed by atoms with Crippen LogP contribution in [0.25, 0.3) is 0 Å². The highest BCUT2D eigenvalue weighted by Crippen LogP contribution is 2.06. The average molecular weight is 268 g/mol. The van der Waals surface area contributed by atoms with E-state index in [1.807, 2.05) is 13.8 Å². The lowest BCUT2D eigenvalue weighted by Crippen LogP contribution is -2.51. The van der Waals surface area contributed by atoms with Gasteiger partial charge in [-0.15, -0.1) is 0 Å². The quantitative estimate of drug-likeness (QED) is 0.550. The topological polar surface area (TPSA) is 121 Å². The number of carbonyl (C=O) groups is 2. The van der Waals surface area contributed by atoms with Gasteiger partial charge in [-0.05, 0) is 5.92 Å². The lowest BCUT2D eigenvalue weighted by Gasteiger charge is -2.20. The normalized spacial score (nSPS) is 15.5. The van der Waals surface area contributed by atoms with Gasteiger partial charge in [-0.2, -0.15) is 0 Å². The summed E-state index contributed by atoms with van der Waals surface area (Å²) in [5.41, 5.74) is 6.41. The Balaban J connectivity index is 2.63. The van der Waals surface area contributed by atoms with E-state index in [2.05, 4.69) is 15.3 Å². The number of nitrogens with zero attached hydrogens (tertiary/aromatic N) is 1. The van der Waals surface area contributed by atoms with E-state index in [-0.39, 0.29) is 12.3 Å². The molecule has 0 saturated heterocycles. The van der Waals surface area contributed by atoms with Gasteiger partial charge in [0.1, 0.15) is 6.04 Å². The van der Waals surface area contributed by atoms with Crippen LogP contribution in [0.1, 0.15) is 26.0 Å². The van der Waals surface area contributed by atoms with Crippen molar-refractivity contribution in [2.45, 2.75) is 38.8 Å². The number of amides is 1. The average Bonchev–Trinajstić information content (AvgIpc) is 2.88. The van der Waals surface area contributed by atoms with E-state index in [9.17, 15) is 9.59 Å². The summed E-state index contributed by atoms with van der Waals surface area (Å²) in [5.74, 6) is -1.54. The van der Waals surface area contributed by atoms with Gasteiger partial charge in [-0.3, -0.25) is 4.79 Å². The summed E-state index contributed by atoms with van der Waals surface area (Å²) in [6, 6.07) is -1.71. The Labute approximate surface area is 111 Å². The van der Waals surface area contributed by atoms with Crippen LogP contribution < -0.4 is 11.1 Å². The summed E-state index contributed by atoms with van der Waals surface area (Å²) >= 11 is 0. The fourth-order valence-electron chi connectivity index (χ4n) is 1.60. The van der Waals surface area contributed by atoms with Crippen LogP contribution in [0.3, 0.4) is 0 Å². The van der Waals surface area contributed by atoms with E-state index in [1.54, 1.807) is 0 Å². The first-order valence-electron chi connectivity index (χ1n) is 6.21. The van der Waals surface area contributed by atoms with Crippen molar-refractivity contribution in [3.63, 3.8) is 0 Å². The van der Waals surface area contributed by atoms with E-state index in [1.165, 1.54) is 12.5 Å². The Morgan fingerprint density at radius 2 is 2.26 bits per heavy atom. The number of carboxylic acids is 1. The maximum Gasteiger partial charge on any atom is 0.326 e. The maximum absolute atomic E-state index is 11.9. The third kappa shape index (κ3) is 4.36. The van der Waals surface area contributed by atoms with Crippen molar-refractivity contribution in [1.82, 2.24) is 15.3 Å². The molecule has 0 aromatic carbocycles. The van der Waals surface area contributed by atoms with E-state index in [0.717, 1.165) is 6.42 Å². The molecule has 1 aromatic heterocycles. The lowest BCUT2D eigenvalue weighted by atomic mass is 9.99. The zero-order valence-electron chi connectivity index (χ0n) is 11.1. The van der Waals surface area contributed by atoms with Crippen LogP contribution in [0.5, 0.6) is 0 Å². The molecule has 1 aromatic rings. The Kier molecular flexibility index (Phi) is 5.50. The molecule has 0 spiro atoms. The van der Waals surface area contributed by atoms with Gasteiger partial charge in [0, 0.05) is 18.3 Å². The molecule has 0 aliphatic heterocycles. The molecule has 0 fully saturated rings. The van der Waals surface area contributed by atoms with E-state index in [4.69, 9.17) is 10.8 Å². The molecule has 1 unspecified atom stereocenters. The third-order valence-electron chi connectivity index (χ3n) is 3.15. The number of nitrogens with two attached hydrogens (primary N) is 1. The molecule has 0 aliphatic rings. The van der Waals surface area contributed by atoms with Crippen LogP contribution in [0.15, 0.2) is 12.5 Å². The molecule has 1 amide bonds. The highest BCUT2D eigenvalue weighted by molar-refractivity contribution is 5.87. The fraction of sp³-hybridized carbons (Fsp3) is 0.583. The first-order chi connectivity index (χ1) is 8.95. The molecule has 1 heterocycles. The summed E-state index contributed by atoms with van der Waals surface area (Å²) in [5, 5.41) is 11.6. The van der Waals surface area contributed by atoms with Crippen molar-refractivity contribution in [3.05, 3.63) is 18.2 Å². The summed E-state index contributed by atoms with van der Waals surface area (Å²) in [6.07, 6.45) is 3.89. The smallest absolute Gasteiger partial charge is 0.326 e. The molecule has 0 bridgehead atoms. The minimum Gasteiger partial charge on any atom is -0.480 e. The molecule has 7 heteroatoms. The molecular weight excluding hydrogens is 248 g/mol. The van der Waals surface area contributed by atoms with Gasteiger partial charge in [0.15, 0.2) is 0 Å². The maximum atomic E-state index is 11.9. The number of carbonyl (C=O) groups excluding carboxylic acids is 1. The molecule has 1 rings (SSSR count). The predicted molar refractivity (Wildman–Crippen MR) is 69.3 cm³/mol. The second-order valence-electron chi connectivity index (χ2n) is 4.59. The van der Waals surface area contributed by atoms with Gasteiger partial charge < -0.3 is 21.1 Å². The van der Waals surface area contributed by atoms with Gasteiger partial charge in [-0.1, -0.05) is 20.3 Å². The van der Waals surface area contributed by atoms with Gasteiger partial charge >= 0.3 is 5.97 Å². The Morgan fingerprint density at radius 3 is 2.74 bits per heavy atom. The van der Waals surface area contributed by atoms with Crippen LogP contribution in [0, 0.1) is 5.92 Å². The molecule has 0 saturated carbocycles. The Hall–Kier alpha value is -1.89. The highest BCUT2D eigenvalue weighted by atomic mass is 16.4. The van der Waals surface area contributed by atoms with Crippen molar-refractivity contribution >= 4 is 11.9 Å².